The number of fused-ring (bicyclic) bond motifs is 1. The Morgan fingerprint density at radius 3 is 2.80 bits per heavy atom. The van der Waals surface area contributed by atoms with Gasteiger partial charge in [0.15, 0.2) is 0 Å². The highest BCUT2D eigenvalue weighted by molar-refractivity contribution is 7.15. The largest absolute Gasteiger partial charge is 0.312 e. The van der Waals surface area contributed by atoms with E-state index in [1.807, 2.05) is 31.4 Å². The van der Waals surface area contributed by atoms with Crippen LogP contribution in [-0.4, -0.2) is 17.0 Å². The van der Waals surface area contributed by atoms with Gasteiger partial charge in [-0.1, -0.05) is 24.3 Å². The molecule has 3 nitrogen and oxygen atoms in total. The van der Waals surface area contributed by atoms with Gasteiger partial charge in [-0.15, -0.1) is 11.3 Å². The highest BCUT2D eigenvalue weighted by Gasteiger charge is 2.16. The average Bonchev–Trinajstić information content (AvgIpc) is 2.87. The van der Waals surface area contributed by atoms with Crippen molar-refractivity contribution >= 4 is 22.1 Å². The fourth-order valence-electron chi connectivity index (χ4n) is 2.33. The highest BCUT2D eigenvalue weighted by Crippen LogP contribution is 2.33. The molecule has 1 N–H and O–H groups in total. The normalized spacial score (nSPS) is 12.8. The number of nitrogens with zero attached hydrogens (tertiary/aromatic N) is 2. The minimum atomic E-state index is 0.316. The molecule has 4 heteroatoms. The third-order valence-electron chi connectivity index (χ3n) is 3.53. The number of rotatable bonds is 3. The summed E-state index contributed by atoms with van der Waals surface area (Å²) in [6.07, 6.45) is 1.86. The van der Waals surface area contributed by atoms with Crippen LogP contribution >= 0.6 is 11.3 Å². The lowest BCUT2D eigenvalue weighted by Gasteiger charge is -2.07. The number of thiazole rings is 1. The molecule has 20 heavy (non-hydrogen) atoms. The van der Waals surface area contributed by atoms with Crippen LogP contribution in [0.2, 0.25) is 0 Å². The van der Waals surface area contributed by atoms with Crippen molar-refractivity contribution in [2.45, 2.75) is 19.9 Å². The fourth-order valence-corrected chi connectivity index (χ4v) is 3.47. The van der Waals surface area contributed by atoms with Gasteiger partial charge in [0.05, 0.1) is 5.69 Å². The Morgan fingerprint density at radius 1 is 1.20 bits per heavy atom. The van der Waals surface area contributed by atoms with Crippen LogP contribution in [0.15, 0.2) is 36.5 Å². The van der Waals surface area contributed by atoms with Gasteiger partial charge in [-0.2, -0.15) is 0 Å². The van der Waals surface area contributed by atoms with E-state index in [1.165, 1.54) is 10.3 Å². The zero-order chi connectivity index (χ0) is 14.1. The van der Waals surface area contributed by atoms with Crippen molar-refractivity contribution in [3.05, 3.63) is 47.1 Å². The molecular weight excluding hydrogens is 266 g/mol. The molecule has 0 saturated heterocycles. The lowest BCUT2D eigenvalue weighted by molar-refractivity contribution is 0.658. The predicted molar refractivity (Wildman–Crippen MR) is 85.1 cm³/mol. The summed E-state index contributed by atoms with van der Waals surface area (Å²) >= 11 is 1.72. The molecule has 0 bridgehead atoms. The van der Waals surface area contributed by atoms with Crippen molar-refractivity contribution in [2.24, 2.45) is 0 Å². The molecule has 1 aromatic carbocycles. The first-order valence-corrected chi connectivity index (χ1v) is 7.51. The Balaban J connectivity index is 2.17. The third-order valence-corrected chi connectivity index (χ3v) is 4.88. The van der Waals surface area contributed by atoms with Gasteiger partial charge in [0.25, 0.3) is 0 Å². The first-order valence-electron chi connectivity index (χ1n) is 6.69. The van der Waals surface area contributed by atoms with E-state index >= 15 is 0 Å². The predicted octanol–water partition coefficient (Wildman–Crippen LogP) is 3.95. The number of benzene rings is 1. The van der Waals surface area contributed by atoms with E-state index in [-0.39, 0.29) is 0 Å². The number of aryl methyl sites for hydroxylation is 1. The molecule has 0 aliphatic rings. The van der Waals surface area contributed by atoms with Crippen LogP contribution in [0.25, 0.3) is 21.5 Å². The first-order chi connectivity index (χ1) is 9.70. The lowest BCUT2D eigenvalue weighted by atomic mass is 10.1. The summed E-state index contributed by atoms with van der Waals surface area (Å²) in [6.45, 7) is 4.22. The summed E-state index contributed by atoms with van der Waals surface area (Å²) in [4.78, 5) is 10.5. The number of nitrogens with one attached hydrogen (secondary N) is 1. The Morgan fingerprint density at radius 2 is 2.00 bits per heavy atom. The highest BCUT2D eigenvalue weighted by atomic mass is 32.1. The molecule has 0 saturated carbocycles. The summed E-state index contributed by atoms with van der Waals surface area (Å²) in [5.74, 6) is 0. The van der Waals surface area contributed by atoms with Crippen LogP contribution in [0.4, 0.5) is 0 Å². The Kier molecular flexibility index (Phi) is 3.51. The van der Waals surface area contributed by atoms with Crippen molar-refractivity contribution in [3.63, 3.8) is 0 Å². The monoisotopic (exact) mass is 283 g/mol. The number of hydrogen-bond acceptors (Lipinski definition) is 4. The van der Waals surface area contributed by atoms with E-state index in [2.05, 4.69) is 36.3 Å². The summed E-state index contributed by atoms with van der Waals surface area (Å²) in [7, 11) is 1.97. The van der Waals surface area contributed by atoms with Gasteiger partial charge in [-0.25, -0.2) is 4.98 Å². The zero-order valence-electron chi connectivity index (χ0n) is 11.8. The zero-order valence-corrected chi connectivity index (χ0v) is 12.7. The van der Waals surface area contributed by atoms with Gasteiger partial charge in [-0.3, -0.25) is 4.98 Å². The molecular formula is C16H17N3S. The maximum Gasteiger partial charge on any atom is 0.143 e. The molecule has 0 spiro atoms. The molecule has 2 aromatic heterocycles. The number of pyridine rings is 1. The van der Waals surface area contributed by atoms with Gasteiger partial charge >= 0.3 is 0 Å². The second-order valence-corrected chi connectivity index (χ2v) is 5.89. The second kappa shape index (κ2) is 5.31. The SMILES string of the molecule is CNC(C)c1sc(-c2nccc3ccccc23)nc1C. The minimum absolute atomic E-state index is 0.316. The van der Waals surface area contributed by atoms with Crippen molar-refractivity contribution in [1.29, 1.82) is 0 Å². The number of hydrogen-bond donors (Lipinski definition) is 1. The summed E-state index contributed by atoms with van der Waals surface area (Å²) < 4.78 is 0. The molecule has 1 unspecified atom stereocenters. The Bertz CT molecular complexity index is 743. The smallest absolute Gasteiger partial charge is 0.143 e. The molecule has 0 radical (unpaired) electrons. The van der Waals surface area contributed by atoms with Crippen LogP contribution < -0.4 is 5.32 Å². The lowest BCUT2D eigenvalue weighted by Crippen LogP contribution is -2.11. The average molecular weight is 283 g/mol. The Labute approximate surface area is 122 Å². The van der Waals surface area contributed by atoms with E-state index in [0.29, 0.717) is 6.04 Å². The summed E-state index contributed by atoms with van der Waals surface area (Å²) in [5.41, 5.74) is 2.06. The second-order valence-electron chi connectivity index (χ2n) is 4.86. The standard InChI is InChI=1S/C16H17N3S/c1-10(17-3)15-11(2)19-16(20-15)14-13-7-5-4-6-12(13)8-9-18-14/h4-10,17H,1-3H3. The van der Waals surface area contributed by atoms with Crippen LogP contribution in [0.5, 0.6) is 0 Å². The van der Waals surface area contributed by atoms with Gasteiger partial charge in [0.1, 0.15) is 10.7 Å². The Hall–Kier alpha value is -1.78. The molecule has 0 fully saturated rings. The topological polar surface area (TPSA) is 37.8 Å². The molecule has 0 aliphatic carbocycles. The molecule has 102 valence electrons. The molecule has 0 aliphatic heterocycles. The van der Waals surface area contributed by atoms with E-state index in [0.717, 1.165) is 21.8 Å². The van der Waals surface area contributed by atoms with E-state index in [1.54, 1.807) is 11.3 Å². The quantitative estimate of drug-likeness (QED) is 0.791. The fraction of sp³-hybridized carbons (Fsp3) is 0.250. The molecule has 3 rings (SSSR count). The van der Waals surface area contributed by atoms with E-state index < -0.39 is 0 Å². The van der Waals surface area contributed by atoms with Crippen molar-refractivity contribution in [2.75, 3.05) is 7.05 Å². The van der Waals surface area contributed by atoms with Gasteiger partial charge < -0.3 is 5.32 Å². The molecule has 2 heterocycles. The van der Waals surface area contributed by atoms with Crippen molar-refractivity contribution < 1.29 is 0 Å². The molecule has 0 amide bonds. The maximum atomic E-state index is 4.72. The molecule has 3 aromatic rings. The summed E-state index contributed by atoms with van der Waals surface area (Å²) in [5, 5.41) is 6.63. The van der Waals surface area contributed by atoms with Gasteiger partial charge in [0.2, 0.25) is 0 Å². The number of aromatic nitrogens is 2. The molecule has 1 atom stereocenters. The van der Waals surface area contributed by atoms with E-state index in [9.17, 15) is 0 Å². The van der Waals surface area contributed by atoms with E-state index in [4.69, 9.17) is 4.98 Å². The van der Waals surface area contributed by atoms with Crippen LogP contribution in [0.3, 0.4) is 0 Å². The van der Waals surface area contributed by atoms with Crippen LogP contribution in [0.1, 0.15) is 23.5 Å². The van der Waals surface area contributed by atoms with Crippen LogP contribution in [0, 0.1) is 6.92 Å². The third kappa shape index (κ3) is 2.21. The van der Waals surface area contributed by atoms with Crippen molar-refractivity contribution in [1.82, 2.24) is 15.3 Å². The maximum absolute atomic E-state index is 4.72. The minimum Gasteiger partial charge on any atom is -0.312 e. The van der Waals surface area contributed by atoms with Crippen LogP contribution in [-0.2, 0) is 0 Å². The summed E-state index contributed by atoms with van der Waals surface area (Å²) in [6, 6.07) is 10.7. The van der Waals surface area contributed by atoms with Crippen molar-refractivity contribution in [3.8, 4) is 10.7 Å². The van der Waals surface area contributed by atoms with Gasteiger partial charge in [-0.05, 0) is 32.3 Å². The van der Waals surface area contributed by atoms with Gasteiger partial charge in [0, 0.05) is 22.5 Å². The first kappa shape index (κ1) is 13.2.